The molecule has 1 aliphatic carbocycles. The Morgan fingerprint density at radius 1 is 1.11 bits per heavy atom. The Balaban J connectivity index is 1.42. The van der Waals surface area contributed by atoms with Gasteiger partial charge in [0.2, 0.25) is 11.8 Å². The maximum absolute atomic E-state index is 13.3. The average Bonchev–Trinajstić information content (AvgIpc) is 2.82. The lowest BCUT2D eigenvalue weighted by atomic mass is 9.70. The highest BCUT2D eigenvalue weighted by Crippen LogP contribution is 2.38. The minimum absolute atomic E-state index is 0.0135. The summed E-state index contributed by atoms with van der Waals surface area (Å²) in [6.07, 6.45) is 9.15. The van der Waals surface area contributed by atoms with Gasteiger partial charge in [-0.05, 0) is 69.7 Å². The molecule has 2 aliphatic heterocycles. The van der Waals surface area contributed by atoms with Crippen molar-refractivity contribution in [3.05, 3.63) is 42.2 Å². The molecule has 2 heterocycles. The summed E-state index contributed by atoms with van der Waals surface area (Å²) in [6.45, 7) is 8.58. The van der Waals surface area contributed by atoms with E-state index in [2.05, 4.69) is 29.4 Å². The van der Waals surface area contributed by atoms with E-state index in [0.717, 1.165) is 42.2 Å². The normalized spacial score (nSPS) is 27.3. The fourth-order valence-electron chi connectivity index (χ4n) is 5.66. The summed E-state index contributed by atoms with van der Waals surface area (Å²) in [5, 5.41) is 5.69. The van der Waals surface area contributed by atoms with E-state index in [-0.39, 0.29) is 28.7 Å². The number of nitrogens with one attached hydrogen (secondary N) is 2. The highest BCUT2D eigenvalue weighted by molar-refractivity contribution is 7.89. The van der Waals surface area contributed by atoms with E-state index in [0.29, 0.717) is 6.04 Å². The Labute approximate surface area is 209 Å². The summed E-state index contributed by atoms with van der Waals surface area (Å²) in [4.78, 5) is 28.5. The standard InChI is InChI=1S/C26H38N4O4S/c1-19-7-10-21(11-8-19)35(33,34)30-16-13-27-25(32)22(30)17-24(31)28-23-12-9-20(18-26(23,2)3)29-14-5-4-6-15-29/h7-8,10-11,13,16,20,22-23H,4-6,9,12,14-15,17-18H2,1-3H3,(H,27,32)(H,28,31)/t20-,22-,23+/m1/s1. The second kappa shape index (κ2) is 10.3. The molecular formula is C26H38N4O4S. The van der Waals surface area contributed by atoms with Crippen LogP contribution >= 0.6 is 0 Å². The van der Waals surface area contributed by atoms with E-state index in [9.17, 15) is 18.0 Å². The Morgan fingerprint density at radius 3 is 2.46 bits per heavy atom. The third-order valence-electron chi connectivity index (χ3n) is 7.77. The van der Waals surface area contributed by atoms with Gasteiger partial charge in [0, 0.05) is 24.5 Å². The highest BCUT2D eigenvalue weighted by Gasteiger charge is 2.41. The van der Waals surface area contributed by atoms with Crippen LogP contribution in [0.15, 0.2) is 41.6 Å². The van der Waals surface area contributed by atoms with E-state index in [1.807, 2.05) is 6.92 Å². The van der Waals surface area contributed by atoms with Crippen LogP contribution in [0.25, 0.3) is 0 Å². The highest BCUT2D eigenvalue weighted by atomic mass is 32.2. The van der Waals surface area contributed by atoms with Gasteiger partial charge in [0.15, 0.2) is 0 Å². The largest absolute Gasteiger partial charge is 0.353 e. The third-order valence-corrected chi connectivity index (χ3v) is 9.57. The van der Waals surface area contributed by atoms with Gasteiger partial charge in [-0.15, -0.1) is 0 Å². The fourth-order valence-corrected chi connectivity index (χ4v) is 7.11. The minimum Gasteiger partial charge on any atom is -0.353 e. The molecule has 0 aromatic heterocycles. The molecule has 1 saturated carbocycles. The van der Waals surface area contributed by atoms with Crippen molar-refractivity contribution in [3.8, 4) is 0 Å². The van der Waals surface area contributed by atoms with E-state index in [1.165, 1.54) is 43.8 Å². The lowest BCUT2D eigenvalue weighted by Gasteiger charge is -2.47. The van der Waals surface area contributed by atoms with Crippen molar-refractivity contribution in [1.29, 1.82) is 0 Å². The Kier molecular flexibility index (Phi) is 7.57. The second-order valence-corrected chi connectivity index (χ2v) is 12.7. The first-order valence-corrected chi connectivity index (χ1v) is 14.1. The van der Waals surface area contributed by atoms with Crippen molar-refractivity contribution in [3.63, 3.8) is 0 Å². The molecule has 1 saturated heterocycles. The average molecular weight is 503 g/mol. The predicted molar refractivity (Wildman–Crippen MR) is 135 cm³/mol. The van der Waals surface area contributed by atoms with Gasteiger partial charge >= 0.3 is 0 Å². The molecule has 0 radical (unpaired) electrons. The predicted octanol–water partition coefficient (Wildman–Crippen LogP) is 2.89. The maximum Gasteiger partial charge on any atom is 0.264 e. The molecule has 1 aromatic carbocycles. The van der Waals surface area contributed by atoms with Gasteiger partial charge in [-0.1, -0.05) is 38.0 Å². The van der Waals surface area contributed by atoms with Gasteiger partial charge in [-0.25, -0.2) is 8.42 Å². The molecular weight excluding hydrogens is 464 g/mol. The lowest BCUT2D eigenvalue weighted by Crippen LogP contribution is -2.55. The van der Waals surface area contributed by atoms with Crippen molar-refractivity contribution < 1.29 is 18.0 Å². The number of hydrogen-bond acceptors (Lipinski definition) is 5. The summed E-state index contributed by atoms with van der Waals surface area (Å²) >= 11 is 0. The molecule has 0 unspecified atom stereocenters. The Hall–Kier alpha value is -2.39. The topological polar surface area (TPSA) is 98.8 Å². The van der Waals surface area contributed by atoms with Gasteiger partial charge in [-0.2, -0.15) is 0 Å². The zero-order valence-electron chi connectivity index (χ0n) is 21.0. The zero-order chi connectivity index (χ0) is 25.2. The number of sulfonamides is 1. The van der Waals surface area contributed by atoms with Crippen LogP contribution in [0.3, 0.4) is 0 Å². The van der Waals surface area contributed by atoms with Crippen molar-refractivity contribution in [1.82, 2.24) is 19.8 Å². The molecule has 1 aromatic rings. The monoisotopic (exact) mass is 502 g/mol. The van der Waals surface area contributed by atoms with E-state index < -0.39 is 22.0 Å². The molecule has 9 heteroatoms. The summed E-state index contributed by atoms with van der Waals surface area (Å²) < 4.78 is 27.6. The van der Waals surface area contributed by atoms with E-state index >= 15 is 0 Å². The molecule has 0 spiro atoms. The summed E-state index contributed by atoms with van der Waals surface area (Å²) in [6, 6.07) is 5.86. The molecule has 2 N–H and O–H groups in total. The van der Waals surface area contributed by atoms with E-state index in [4.69, 9.17) is 0 Å². The van der Waals surface area contributed by atoms with Crippen LogP contribution < -0.4 is 10.6 Å². The molecule has 192 valence electrons. The van der Waals surface area contributed by atoms with Crippen molar-refractivity contribution in [2.75, 3.05) is 13.1 Å². The maximum atomic E-state index is 13.3. The van der Waals surface area contributed by atoms with Crippen LogP contribution in [0.2, 0.25) is 0 Å². The SMILES string of the molecule is Cc1ccc(S(=O)(=O)N2C=CNC(=O)[C@H]2CC(=O)N[C@H]2CC[C@@H](N3CCCCC3)CC2(C)C)cc1. The number of rotatable bonds is 6. The summed E-state index contributed by atoms with van der Waals surface area (Å²) in [5.74, 6) is -0.814. The number of carbonyl (C=O) groups excluding carboxylic acids is 2. The number of piperidine rings is 1. The number of aryl methyl sites for hydroxylation is 1. The quantitative estimate of drug-likeness (QED) is 0.623. The molecule has 3 aliphatic rings. The molecule has 2 fully saturated rings. The number of hydrogen-bond donors (Lipinski definition) is 2. The number of likely N-dealkylation sites (tertiary alicyclic amines) is 1. The van der Waals surface area contributed by atoms with Crippen LogP contribution in [0.4, 0.5) is 0 Å². The molecule has 0 bridgehead atoms. The lowest BCUT2D eigenvalue weighted by molar-refractivity contribution is -0.130. The summed E-state index contributed by atoms with van der Waals surface area (Å²) in [7, 11) is -3.98. The number of nitrogens with zero attached hydrogens (tertiary/aromatic N) is 2. The van der Waals surface area contributed by atoms with Crippen molar-refractivity contribution in [2.45, 2.75) is 88.7 Å². The first-order valence-electron chi connectivity index (χ1n) is 12.7. The van der Waals surface area contributed by atoms with E-state index in [1.54, 1.807) is 12.1 Å². The Bertz CT molecular complexity index is 1060. The molecule has 3 atom stereocenters. The van der Waals surface area contributed by atoms with Gasteiger partial charge in [0.1, 0.15) is 6.04 Å². The van der Waals surface area contributed by atoms with Crippen LogP contribution in [0.5, 0.6) is 0 Å². The Morgan fingerprint density at radius 2 is 1.80 bits per heavy atom. The first kappa shape index (κ1) is 25.7. The van der Waals surface area contributed by atoms with Crippen LogP contribution in [-0.4, -0.2) is 60.7 Å². The zero-order valence-corrected chi connectivity index (χ0v) is 21.8. The van der Waals surface area contributed by atoms with Crippen LogP contribution in [-0.2, 0) is 19.6 Å². The van der Waals surface area contributed by atoms with Gasteiger partial charge < -0.3 is 15.5 Å². The molecule has 2 amide bonds. The van der Waals surface area contributed by atoms with Gasteiger partial charge in [-0.3, -0.25) is 13.9 Å². The van der Waals surface area contributed by atoms with Crippen LogP contribution in [0, 0.1) is 12.3 Å². The number of benzene rings is 1. The van der Waals surface area contributed by atoms with Crippen molar-refractivity contribution in [2.24, 2.45) is 5.41 Å². The third kappa shape index (κ3) is 5.72. The summed E-state index contributed by atoms with van der Waals surface area (Å²) in [5.41, 5.74) is 0.850. The second-order valence-electron chi connectivity index (χ2n) is 10.8. The molecule has 4 rings (SSSR count). The van der Waals surface area contributed by atoms with Gasteiger partial charge in [0.05, 0.1) is 11.3 Å². The molecule has 35 heavy (non-hydrogen) atoms. The minimum atomic E-state index is -3.98. The smallest absolute Gasteiger partial charge is 0.264 e. The number of carbonyl (C=O) groups is 2. The molecule has 8 nitrogen and oxygen atoms in total. The van der Waals surface area contributed by atoms with Gasteiger partial charge in [0.25, 0.3) is 10.0 Å². The first-order chi connectivity index (χ1) is 16.6. The number of amides is 2. The van der Waals surface area contributed by atoms with Crippen LogP contribution in [0.1, 0.15) is 64.4 Å². The fraction of sp³-hybridized carbons (Fsp3) is 0.615. The van der Waals surface area contributed by atoms with Crippen molar-refractivity contribution >= 4 is 21.8 Å².